The molecule has 1 aliphatic rings. The number of alkyl halides is 1. The Balaban J connectivity index is 2.12. The molecule has 0 aromatic carbocycles. The fourth-order valence-electron chi connectivity index (χ4n) is 2.50. The van der Waals surface area contributed by atoms with Crippen LogP contribution in [0.1, 0.15) is 32.6 Å². The van der Waals surface area contributed by atoms with Gasteiger partial charge in [0, 0.05) is 12.9 Å². The van der Waals surface area contributed by atoms with Gasteiger partial charge in [-0.25, -0.2) is 4.68 Å². The number of aromatic nitrogens is 4. The second-order valence-electron chi connectivity index (χ2n) is 4.87. The minimum absolute atomic E-state index is 0.0400. The second-order valence-corrected chi connectivity index (χ2v) is 5.13. The van der Waals surface area contributed by atoms with Crippen molar-refractivity contribution >= 4 is 17.5 Å². The number of nitrogens with one attached hydrogen (secondary N) is 1. The fraction of sp³-hybridized carbons (Fsp3) is 0.900. The topological polar surface area (TPSA) is 55.6 Å². The molecule has 2 atom stereocenters. The van der Waals surface area contributed by atoms with Gasteiger partial charge in [0.25, 0.3) is 0 Å². The quantitative estimate of drug-likeness (QED) is 0.823. The van der Waals surface area contributed by atoms with Gasteiger partial charge in [-0.15, -0.1) is 11.6 Å². The number of tetrazole rings is 1. The van der Waals surface area contributed by atoms with E-state index >= 15 is 0 Å². The third-order valence-electron chi connectivity index (χ3n) is 3.34. The second kappa shape index (κ2) is 4.57. The monoisotopic (exact) mass is 243 g/mol. The maximum Gasteiger partial charge on any atom is 0.243 e. The first kappa shape index (κ1) is 11.6. The van der Waals surface area contributed by atoms with Crippen molar-refractivity contribution in [2.24, 2.45) is 13.0 Å². The first-order chi connectivity index (χ1) is 7.65. The zero-order chi connectivity index (χ0) is 11.6. The van der Waals surface area contributed by atoms with Crippen LogP contribution < -0.4 is 5.32 Å². The summed E-state index contributed by atoms with van der Waals surface area (Å²) in [7, 11) is 1.83. The van der Waals surface area contributed by atoms with Gasteiger partial charge in [0.15, 0.2) is 0 Å². The number of halogens is 1. The first-order valence-electron chi connectivity index (χ1n) is 5.72. The highest BCUT2D eigenvalue weighted by atomic mass is 35.5. The van der Waals surface area contributed by atoms with E-state index in [0.717, 1.165) is 12.8 Å². The van der Waals surface area contributed by atoms with Crippen molar-refractivity contribution in [1.29, 1.82) is 0 Å². The molecule has 5 nitrogen and oxygen atoms in total. The molecule has 0 spiro atoms. The van der Waals surface area contributed by atoms with Crippen molar-refractivity contribution in [2.45, 2.75) is 38.1 Å². The molecule has 0 radical (unpaired) electrons. The summed E-state index contributed by atoms with van der Waals surface area (Å²) in [6.07, 6.45) is 4.68. The largest absolute Gasteiger partial charge is 0.346 e. The Kier molecular flexibility index (Phi) is 3.33. The average molecular weight is 244 g/mol. The summed E-state index contributed by atoms with van der Waals surface area (Å²) in [5, 5.41) is 14.8. The van der Waals surface area contributed by atoms with Crippen LogP contribution in [0.15, 0.2) is 0 Å². The summed E-state index contributed by atoms with van der Waals surface area (Å²) in [5.74, 6) is 2.01. The van der Waals surface area contributed by atoms with Gasteiger partial charge in [0.1, 0.15) is 0 Å². The molecule has 1 heterocycles. The Morgan fingerprint density at radius 2 is 2.44 bits per heavy atom. The lowest BCUT2D eigenvalue weighted by Crippen LogP contribution is -2.45. The van der Waals surface area contributed by atoms with Gasteiger partial charge >= 0.3 is 0 Å². The number of hydrogen-bond acceptors (Lipinski definition) is 4. The van der Waals surface area contributed by atoms with Crippen LogP contribution in [-0.4, -0.2) is 31.6 Å². The normalized spacial score (nSPS) is 30.3. The Bertz CT molecular complexity index is 353. The van der Waals surface area contributed by atoms with Crippen LogP contribution in [0.4, 0.5) is 5.95 Å². The molecule has 1 aromatic rings. The summed E-state index contributed by atoms with van der Waals surface area (Å²) in [5.41, 5.74) is -0.0400. The van der Waals surface area contributed by atoms with E-state index in [4.69, 9.17) is 11.6 Å². The van der Waals surface area contributed by atoms with Gasteiger partial charge in [-0.1, -0.05) is 24.9 Å². The molecule has 1 fully saturated rings. The average Bonchev–Trinajstić information content (AvgIpc) is 2.64. The Labute approximate surface area is 101 Å². The molecule has 0 saturated heterocycles. The molecule has 16 heavy (non-hydrogen) atoms. The fourth-order valence-corrected chi connectivity index (χ4v) is 2.81. The molecule has 2 rings (SSSR count). The van der Waals surface area contributed by atoms with Crippen LogP contribution in [0.5, 0.6) is 0 Å². The highest BCUT2D eigenvalue weighted by molar-refractivity contribution is 6.18. The van der Waals surface area contributed by atoms with Crippen LogP contribution in [-0.2, 0) is 7.05 Å². The third kappa shape index (κ3) is 2.29. The minimum atomic E-state index is -0.0400. The Morgan fingerprint density at radius 3 is 3.00 bits per heavy atom. The molecule has 1 aliphatic carbocycles. The van der Waals surface area contributed by atoms with E-state index in [2.05, 4.69) is 27.8 Å². The predicted octanol–water partition coefficient (Wildman–Crippen LogP) is 1.81. The number of aryl methyl sites for hydroxylation is 1. The van der Waals surface area contributed by atoms with E-state index in [1.807, 2.05) is 7.05 Å². The maximum absolute atomic E-state index is 6.13. The van der Waals surface area contributed by atoms with E-state index in [0.29, 0.717) is 17.7 Å². The first-order valence-corrected chi connectivity index (χ1v) is 6.25. The van der Waals surface area contributed by atoms with Gasteiger partial charge in [0.2, 0.25) is 5.95 Å². The molecule has 0 bridgehead atoms. The summed E-state index contributed by atoms with van der Waals surface area (Å²) in [6.45, 7) is 2.27. The summed E-state index contributed by atoms with van der Waals surface area (Å²) in [4.78, 5) is 0. The van der Waals surface area contributed by atoms with Crippen molar-refractivity contribution in [3.05, 3.63) is 0 Å². The smallest absolute Gasteiger partial charge is 0.243 e. The number of anilines is 1. The van der Waals surface area contributed by atoms with Gasteiger partial charge in [-0.2, -0.15) is 0 Å². The van der Waals surface area contributed by atoms with Crippen LogP contribution in [0, 0.1) is 5.92 Å². The van der Waals surface area contributed by atoms with E-state index in [1.54, 1.807) is 4.68 Å². The highest BCUT2D eigenvalue weighted by Crippen LogP contribution is 2.35. The van der Waals surface area contributed by atoms with E-state index in [9.17, 15) is 0 Å². The van der Waals surface area contributed by atoms with E-state index in [-0.39, 0.29) is 5.54 Å². The van der Waals surface area contributed by atoms with E-state index < -0.39 is 0 Å². The lowest BCUT2D eigenvalue weighted by Gasteiger charge is -2.39. The van der Waals surface area contributed by atoms with Crippen LogP contribution in [0.3, 0.4) is 0 Å². The third-order valence-corrected chi connectivity index (χ3v) is 3.86. The molecule has 1 saturated carbocycles. The summed E-state index contributed by atoms with van der Waals surface area (Å²) in [6, 6.07) is 0. The van der Waals surface area contributed by atoms with Gasteiger partial charge in [-0.3, -0.25) is 0 Å². The standard InChI is InChI=1S/C10H18ClN5/c1-8-4-3-5-10(6-8,7-11)12-9-13-14-15-16(9)2/h8H,3-7H2,1-2H3,(H,12,13,15). The number of nitrogens with zero attached hydrogens (tertiary/aromatic N) is 4. The van der Waals surface area contributed by atoms with Crippen LogP contribution in [0.25, 0.3) is 0 Å². The molecule has 1 aromatic heterocycles. The Morgan fingerprint density at radius 1 is 1.62 bits per heavy atom. The van der Waals surface area contributed by atoms with Crippen LogP contribution in [0.2, 0.25) is 0 Å². The number of hydrogen-bond donors (Lipinski definition) is 1. The number of rotatable bonds is 3. The zero-order valence-electron chi connectivity index (χ0n) is 9.78. The van der Waals surface area contributed by atoms with Crippen molar-refractivity contribution in [3.8, 4) is 0 Å². The van der Waals surface area contributed by atoms with Crippen LogP contribution >= 0.6 is 11.6 Å². The van der Waals surface area contributed by atoms with Crippen molar-refractivity contribution in [2.75, 3.05) is 11.2 Å². The lowest BCUT2D eigenvalue weighted by atomic mass is 9.77. The van der Waals surface area contributed by atoms with Crippen molar-refractivity contribution < 1.29 is 0 Å². The maximum atomic E-state index is 6.13. The molecule has 6 heteroatoms. The molecule has 1 N–H and O–H groups in total. The molecular weight excluding hydrogens is 226 g/mol. The zero-order valence-corrected chi connectivity index (χ0v) is 10.5. The Hall–Kier alpha value is -0.840. The molecule has 2 unspecified atom stereocenters. The molecule has 0 aliphatic heterocycles. The predicted molar refractivity (Wildman–Crippen MR) is 63.5 cm³/mol. The van der Waals surface area contributed by atoms with E-state index in [1.165, 1.54) is 12.8 Å². The highest BCUT2D eigenvalue weighted by Gasteiger charge is 2.35. The lowest BCUT2D eigenvalue weighted by molar-refractivity contribution is 0.277. The summed E-state index contributed by atoms with van der Waals surface area (Å²) >= 11 is 6.13. The van der Waals surface area contributed by atoms with Gasteiger partial charge < -0.3 is 5.32 Å². The SMILES string of the molecule is CC1CCCC(CCl)(Nc2nnnn2C)C1. The van der Waals surface area contributed by atoms with Gasteiger partial charge in [-0.05, 0) is 29.2 Å². The molecular formula is C10H18ClN5. The van der Waals surface area contributed by atoms with Crippen molar-refractivity contribution in [1.82, 2.24) is 20.2 Å². The molecule has 90 valence electrons. The molecule has 0 amide bonds. The van der Waals surface area contributed by atoms with Crippen molar-refractivity contribution in [3.63, 3.8) is 0 Å². The minimum Gasteiger partial charge on any atom is -0.346 e. The van der Waals surface area contributed by atoms with Gasteiger partial charge in [0.05, 0.1) is 5.54 Å². The summed E-state index contributed by atoms with van der Waals surface area (Å²) < 4.78 is 1.65.